The SMILES string of the molecule is COc1cccnn1. The van der Waals surface area contributed by atoms with Crippen LogP contribution >= 0.6 is 0 Å². The lowest BCUT2D eigenvalue weighted by atomic mass is 10.6. The Hall–Kier alpha value is -1.12. The molecule has 8 heavy (non-hydrogen) atoms. The zero-order valence-corrected chi connectivity index (χ0v) is 4.53. The first-order valence-corrected chi connectivity index (χ1v) is 2.25. The van der Waals surface area contributed by atoms with E-state index in [9.17, 15) is 0 Å². The quantitative estimate of drug-likeness (QED) is 0.527. The van der Waals surface area contributed by atoms with E-state index in [1.807, 2.05) is 0 Å². The van der Waals surface area contributed by atoms with Gasteiger partial charge in [0.2, 0.25) is 5.88 Å². The van der Waals surface area contributed by atoms with Crippen LogP contribution in [0.15, 0.2) is 18.3 Å². The summed E-state index contributed by atoms with van der Waals surface area (Å²) in [5.74, 6) is 0.549. The van der Waals surface area contributed by atoms with Gasteiger partial charge in [0.05, 0.1) is 7.11 Å². The summed E-state index contributed by atoms with van der Waals surface area (Å²) in [6.45, 7) is 0. The fraction of sp³-hybridized carbons (Fsp3) is 0.200. The summed E-state index contributed by atoms with van der Waals surface area (Å²) in [6.07, 6.45) is 1.60. The first kappa shape index (κ1) is 5.03. The van der Waals surface area contributed by atoms with Gasteiger partial charge < -0.3 is 4.74 Å². The fourth-order valence-corrected chi connectivity index (χ4v) is 0.396. The van der Waals surface area contributed by atoms with Crippen LogP contribution in [0.2, 0.25) is 0 Å². The Morgan fingerprint density at radius 1 is 1.62 bits per heavy atom. The van der Waals surface area contributed by atoms with Crippen molar-refractivity contribution < 1.29 is 4.74 Å². The van der Waals surface area contributed by atoms with E-state index in [0.29, 0.717) is 5.88 Å². The summed E-state index contributed by atoms with van der Waals surface area (Å²) in [7, 11) is 1.56. The van der Waals surface area contributed by atoms with E-state index < -0.39 is 0 Å². The van der Waals surface area contributed by atoms with Gasteiger partial charge in [0, 0.05) is 12.3 Å². The van der Waals surface area contributed by atoms with Crippen molar-refractivity contribution in [2.24, 2.45) is 0 Å². The highest BCUT2D eigenvalue weighted by molar-refractivity contribution is 5.04. The van der Waals surface area contributed by atoms with Crippen LogP contribution in [0.1, 0.15) is 0 Å². The second kappa shape index (κ2) is 2.26. The highest BCUT2D eigenvalue weighted by Gasteiger charge is 1.83. The lowest BCUT2D eigenvalue weighted by molar-refractivity contribution is 0.392. The predicted octanol–water partition coefficient (Wildman–Crippen LogP) is 0.485. The molecule has 0 N–H and O–H groups in total. The molecule has 0 aromatic carbocycles. The Morgan fingerprint density at radius 3 is 2.88 bits per heavy atom. The zero-order chi connectivity index (χ0) is 5.82. The van der Waals surface area contributed by atoms with Crippen molar-refractivity contribution in [1.82, 2.24) is 10.2 Å². The van der Waals surface area contributed by atoms with E-state index in [-0.39, 0.29) is 0 Å². The van der Waals surface area contributed by atoms with Crippen LogP contribution in [0.5, 0.6) is 5.88 Å². The molecule has 0 saturated carbocycles. The molecule has 0 aliphatic rings. The van der Waals surface area contributed by atoms with E-state index in [0.717, 1.165) is 0 Å². The van der Waals surface area contributed by atoms with Crippen molar-refractivity contribution in [3.63, 3.8) is 0 Å². The molecule has 0 amide bonds. The predicted molar refractivity (Wildman–Crippen MR) is 28.6 cm³/mol. The van der Waals surface area contributed by atoms with Crippen LogP contribution in [0.3, 0.4) is 0 Å². The van der Waals surface area contributed by atoms with Crippen LogP contribution in [-0.4, -0.2) is 17.3 Å². The summed E-state index contributed by atoms with van der Waals surface area (Å²) >= 11 is 0. The Morgan fingerprint density at radius 2 is 2.50 bits per heavy atom. The molecule has 0 aliphatic heterocycles. The van der Waals surface area contributed by atoms with Crippen LogP contribution in [0, 0.1) is 0 Å². The van der Waals surface area contributed by atoms with E-state index in [4.69, 9.17) is 4.74 Å². The second-order valence-electron chi connectivity index (χ2n) is 1.27. The van der Waals surface area contributed by atoms with Crippen molar-refractivity contribution in [2.75, 3.05) is 7.11 Å². The molecule has 3 heteroatoms. The molecule has 42 valence electrons. The average Bonchev–Trinajstić information content (AvgIpc) is 1.90. The third-order valence-corrected chi connectivity index (χ3v) is 0.757. The zero-order valence-electron chi connectivity index (χ0n) is 4.53. The summed E-state index contributed by atoms with van der Waals surface area (Å²) < 4.78 is 4.74. The number of rotatable bonds is 1. The molecule has 1 rings (SSSR count). The monoisotopic (exact) mass is 110 g/mol. The van der Waals surface area contributed by atoms with E-state index in [1.165, 1.54) is 0 Å². The summed E-state index contributed by atoms with van der Waals surface area (Å²) in [6, 6.07) is 3.51. The lowest BCUT2D eigenvalue weighted by Gasteiger charge is -1.91. The largest absolute Gasteiger partial charge is 0.480 e. The molecule has 0 bridgehead atoms. The molecule has 1 heterocycles. The maximum atomic E-state index is 4.74. The van der Waals surface area contributed by atoms with Gasteiger partial charge in [0.1, 0.15) is 0 Å². The van der Waals surface area contributed by atoms with Crippen molar-refractivity contribution in [1.29, 1.82) is 0 Å². The van der Waals surface area contributed by atoms with Gasteiger partial charge in [-0.1, -0.05) is 0 Å². The minimum atomic E-state index is 0.549. The standard InChI is InChI=1S/C5H6N2O/c1-8-5-3-2-4-6-7-5/h2-4H,1H3. The van der Waals surface area contributed by atoms with Crippen LogP contribution in [0.25, 0.3) is 0 Å². The van der Waals surface area contributed by atoms with Crippen molar-refractivity contribution >= 4 is 0 Å². The molecular formula is C5H6N2O. The van der Waals surface area contributed by atoms with Gasteiger partial charge in [0.15, 0.2) is 0 Å². The molecule has 3 nitrogen and oxygen atoms in total. The minimum absolute atomic E-state index is 0.549. The summed E-state index contributed by atoms with van der Waals surface area (Å²) in [4.78, 5) is 0. The first-order chi connectivity index (χ1) is 3.93. The molecule has 0 spiro atoms. The summed E-state index contributed by atoms with van der Waals surface area (Å²) in [5.41, 5.74) is 0. The molecular weight excluding hydrogens is 104 g/mol. The van der Waals surface area contributed by atoms with E-state index in [1.54, 1.807) is 25.4 Å². The third kappa shape index (κ3) is 0.932. The number of hydrogen-bond donors (Lipinski definition) is 0. The van der Waals surface area contributed by atoms with Crippen LogP contribution < -0.4 is 4.74 Å². The highest BCUT2D eigenvalue weighted by atomic mass is 16.5. The van der Waals surface area contributed by atoms with Crippen molar-refractivity contribution in [3.05, 3.63) is 18.3 Å². The topological polar surface area (TPSA) is 35.0 Å². The maximum Gasteiger partial charge on any atom is 0.233 e. The Balaban J connectivity index is 2.83. The normalized spacial score (nSPS) is 8.62. The molecule has 0 fully saturated rings. The second-order valence-corrected chi connectivity index (χ2v) is 1.27. The van der Waals surface area contributed by atoms with Gasteiger partial charge in [-0.15, -0.1) is 5.10 Å². The Kier molecular flexibility index (Phi) is 1.42. The van der Waals surface area contributed by atoms with Gasteiger partial charge in [-0.25, -0.2) is 0 Å². The number of methoxy groups -OCH3 is 1. The highest BCUT2D eigenvalue weighted by Crippen LogP contribution is 1.97. The number of ether oxygens (including phenoxy) is 1. The number of nitrogens with zero attached hydrogens (tertiary/aromatic N) is 2. The van der Waals surface area contributed by atoms with Gasteiger partial charge in [0.25, 0.3) is 0 Å². The minimum Gasteiger partial charge on any atom is -0.480 e. The molecule has 0 aliphatic carbocycles. The van der Waals surface area contributed by atoms with Gasteiger partial charge in [-0.2, -0.15) is 5.10 Å². The Bertz CT molecular complexity index is 152. The van der Waals surface area contributed by atoms with Gasteiger partial charge in [-0.3, -0.25) is 0 Å². The van der Waals surface area contributed by atoms with Crippen molar-refractivity contribution in [3.8, 4) is 5.88 Å². The van der Waals surface area contributed by atoms with Crippen LogP contribution in [-0.2, 0) is 0 Å². The summed E-state index contributed by atoms with van der Waals surface area (Å²) in [5, 5.41) is 7.21. The van der Waals surface area contributed by atoms with E-state index in [2.05, 4.69) is 10.2 Å². The Labute approximate surface area is 47.3 Å². The molecule has 0 unspecified atom stereocenters. The molecule has 0 saturated heterocycles. The third-order valence-electron chi connectivity index (χ3n) is 0.757. The smallest absolute Gasteiger partial charge is 0.233 e. The molecule has 1 aromatic rings. The molecule has 1 aromatic heterocycles. The first-order valence-electron chi connectivity index (χ1n) is 2.25. The number of aromatic nitrogens is 2. The van der Waals surface area contributed by atoms with Crippen molar-refractivity contribution in [2.45, 2.75) is 0 Å². The molecule has 0 radical (unpaired) electrons. The van der Waals surface area contributed by atoms with Gasteiger partial charge >= 0.3 is 0 Å². The maximum absolute atomic E-state index is 4.74. The van der Waals surface area contributed by atoms with Crippen LogP contribution in [0.4, 0.5) is 0 Å². The molecule has 0 atom stereocenters. The van der Waals surface area contributed by atoms with E-state index >= 15 is 0 Å². The lowest BCUT2D eigenvalue weighted by Crippen LogP contribution is -1.86. The fourth-order valence-electron chi connectivity index (χ4n) is 0.396. The number of hydrogen-bond acceptors (Lipinski definition) is 3. The van der Waals surface area contributed by atoms with Gasteiger partial charge in [-0.05, 0) is 6.07 Å². The average molecular weight is 110 g/mol.